The van der Waals surface area contributed by atoms with E-state index >= 15 is 0 Å². The van der Waals surface area contributed by atoms with Crippen LogP contribution in [-0.2, 0) is 21.0 Å². The number of hydrogen-bond donors (Lipinski definition) is 2. The minimum Gasteiger partial charge on any atom is -0.372 e. The number of hydrogen-bond acceptors (Lipinski definition) is 5. The number of piperidine rings is 1. The molecule has 0 aliphatic carbocycles. The summed E-state index contributed by atoms with van der Waals surface area (Å²) in [5, 5.41) is 3.08. The molecule has 18 heavy (non-hydrogen) atoms. The van der Waals surface area contributed by atoms with Crippen LogP contribution < -0.4 is 11.2 Å². The Bertz CT molecular complexity index is 375. The maximum atomic E-state index is 11.2. The molecule has 1 saturated heterocycles. The van der Waals surface area contributed by atoms with E-state index in [2.05, 4.69) is 10.2 Å². The van der Waals surface area contributed by atoms with Crippen molar-refractivity contribution in [2.75, 3.05) is 6.54 Å². The van der Waals surface area contributed by atoms with Gasteiger partial charge < -0.3 is 14.9 Å². The highest BCUT2D eigenvalue weighted by Crippen LogP contribution is 2.14. The van der Waals surface area contributed by atoms with E-state index in [9.17, 15) is 4.79 Å². The lowest BCUT2D eigenvalue weighted by Gasteiger charge is -2.28. The van der Waals surface area contributed by atoms with Crippen LogP contribution in [0.1, 0.15) is 18.4 Å². The van der Waals surface area contributed by atoms with Crippen molar-refractivity contribution in [3.63, 3.8) is 0 Å². The first kappa shape index (κ1) is 13.0. The molecule has 1 aromatic rings. The summed E-state index contributed by atoms with van der Waals surface area (Å²) in [7, 11) is 0. The van der Waals surface area contributed by atoms with Crippen molar-refractivity contribution in [1.29, 1.82) is 0 Å². The fraction of sp³-hybridized carbons (Fsp3) is 0.462. The average molecular weight is 250 g/mol. The summed E-state index contributed by atoms with van der Waals surface area (Å²) in [5.41, 5.74) is 1.15. The normalized spacial score (nSPS) is 23.6. The lowest BCUT2D eigenvalue weighted by molar-refractivity contribution is -0.148. The topological polar surface area (TPSA) is 73.6 Å². The van der Waals surface area contributed by atoms with Crippen molar-refractivity contribution in [3.8, 4) is 0 Å². The minimum absolute atomic E-state index is 0.132. The van der Waals surface area contributed by atoms with Gasteiger partial charge in [-0.05, 0) is 18.4 Å². The van der Waals surface area contributed by atoms with Gasteiger partial charge in [-0.2, -0.15) is 5.90 Å². The van der Waals surface area contributed by atoms with Crippen LogP contribution in [0, 0.1) is 0 Å². The first-order valence-electron chi connectivity index (χ1n) is 6.09. The molecular formula is C13H18N2O3. The number of nitrogens with one attached hydrogen (secondary N) is 1. The Balaban J connectivity index is 1.72. The van der Waals surface area contributed by atoms with Gasteiger partial charge in [-0.3, -0.25) is 0 Å². The molecule has 5 nitrogen and oxygen atoms in total. The van der Waals surface area contributed by atoms with Gasteiger partial charge in [-0.1, -0.05) is 30.3 Å². The highest BCUT2D eigenvalue weighted by molar-refractivity contribution is 5.75. The zero-order chi connectivity index (χ0) is 12.8. The van der Waals surface area contributed by atoms with Crippen molar-refractivity contribution >= 4 is 5.97 Å². The third-order valence-electron chi connectivity index (χ3n) is 3.10. The van der Waals surface area contributed by atoms with Gasteiger partial charge in [0.15, 0.2) is 0 Å². The molecule has 98 valence electrons. The van der Waals surface area contributed by atoms with E-state index < -0.39 is 5.97 Å². The fourth-order valence-electron chi connectivity index (χ4n) is 2.04. The number of nitrogens with two attached hydrogens (primary N) is 1. The molecule has 1 aliphatic heterocycles. The molecule has 3 N–H and O–H groups in total. The summed E-state index contributed by atoms with van der Waals surface area (Å²) >= 11 is 0. The smallest absolute Gasteiger partial charge is 0.341 e. The summed E-state index contributed by atoms with van der Waals surface area (Å²) in [4.78, 5) is 15.4. The second-order valence-electron chi connectivity index (χ2n) is 4.39. The zero-order valence-electron chi connectivity index (χ0n) is 10.2. The molecule has 5 heteroatoms. The molecule has 0 bridgehead atoms. The summed E-state index contributed by atoms with van der Waals surface area (Å²) in [6.45, 7) is 1.24. The molecule has 1 aliphatic rings. The van der Waals surface area contributed by atoms with Crippen molar-refractivity contribution in [2.45, 2.75) is 31.6 Å². The Morgan fingerprint density at radius 1 is 1.33 bits per heavy atom. The molecule has 2 rings (SSSR count). The standard InChI is InChI=1S/C13H18N2O3/c14-18-13(16)12-7-6-11(8-15-12)17-9-10-4-2-1-3-5-10/h1-5,11-12,15H,6-9,14H2. The van der Waals surface area contributed by atoms with Crippen LogP contribution in [-0.4, -0.2) is 24.7 Å². The average Bonchev–Trinajstić information content (AvgIpc) is 2.46. The largest absolute Gasteiger partial charge is 0.372 e. The molecule has 2 unspecified atom stereocenters. The van der Waals surface area contributed by atoms with Crippen molar-refractivity contribution in [3.05, 3.63) is 35.9 Å². The molecule has 0 aromatic heterocycles. The van der Waals surface area contributed by atoms with Crippen molar-refractivity contribution < 1.29 is 14.4 Å². The number of benzene rings is 1. The molecule has 2 atom stereocenters. The molecule has 0 amide bonds. The van der Waals surface area contributed by atoms with Crippen molar-refractivity contribution in [2.24, 2.45) is 5.90 Å². The summed E-state index contributed by atoms with van der Waals surface area (Å²) < 4.78 is 5.78. The van der Waals surface area contributed by atoms with E-state index in [1.165, 1.54) is 0 Å². The van der Waals surface area contributed by atoms with E-state index in [0.29, 0.717) is 19.6 Å². The summed E-state index contributed by atoms with van der Waals surface area (Å²) in [5.74, 6) is 4.45. The minimum atomic E-state index is -0.406. The van der Waals surface area contributed by atoms with Crippen LogP contribution in [0.15, 0.2) is 30.3 Å². The zero-order valence-corrected chi connectivity index (χ0v) is 10.2. The predicted molar refractivity (Wildman–Crippen MR) is 66.3 cm³/mol. The van der Waals surface area contributed by atoms with Crippen LogP contribution in [0.4, 0.5) is 0 Å². The van der Waals surface area contributed by atoms with Crippen LogP contribution in [0.5, 0.6) is 0 Å². The number of ether oxygens (including phenoxy) is 1. The predicted octanol–water partition coefficient (Wildman–Crippen LogP) is 0.741. The lowest BCUT2D eigenvalue weighted by Crippen LogP contribution is -2.47. The SMILES string of the molecule is NOC(=O)C1CCC(OCc2ccccc2)CN1. The second kappa shape index (κ2) is 6.49. The molecule has 1 heterocycles. The van der Waals surface area contributed by atoms with Crippen LogP contribution in [0.2, 0.25) is 0 Å². The first-order valence-corrected chi connectivity index (χ1v) is 6.09. The highest BCUT2D eigenvalue weighted by Gasteiger charge is 2.26. The van der Waals surface area contributed by atoms with Gasteiger partial charge in [0.05, 0.1) is 12.7 Å². The van der Waals surface area contributed by atoms with Gasteiger partial charge in [0.25, 0.3) is 0 Å². The molecule has 1 aromatic carbocycles. The Kier molecular flexibility index (Phi) is 4.69. The van der Waals surface area contributed by atoms with Gasteiger partial charge in [0, 0.05) is 6.54 Å². The van der Waals surface area contributed by atoms with Crippen LogP contribution >= 0.6 is 0 Å². The Morgan fingerprint density at radius 2 is 2.11 bits per heavy atom. The van der Waals surface area contributed by atoms with Crippen molar-refractivity contribution in [1.82, 2.24) is 5.32 Å². The Hall–Kier alpha value is -1.43. The van der Waals surface area contributed by atoms with Gasteiger partial charge in [-0.15, -0.1) is 0 Å². The van der Waals surface area contributed by atoms with Crippen LogP contribution in [0.3, 0.4) is 0 Å². The van der Waals surface area contributed by atoms with E-state index in [0.717, 1.165) is 12.0 Å². The van der Waals surface area contributed by atoms with E-state index in [4.69, 9.17) is 10.6 Å². The third-order valence-corrected chi connectivity index (χ3v) is 3.10. The third kappa shape index (κ3) is 3.53. The summed E-state index contributed by atoms with van der Waals surface area (Å²) in [6, 6.07) is 9.73. The Morgan fingerprint density at radius 3 is 2.72 bits per heavy atom. The lowest BCUT2D eigenvalue weighted by atomic mass is 10.0. The van der Waals surface area contributed by atoms with Crippen LogP contribution in [0.25, 0.3) is 0 Å². The fourth-order valence-corrected chi connectivity index (χ4v) is 2.04. The van der Waals surface area contributed by atoms with Gasteiger partial charge in [0.2, 0.25) is 0 Å². The molecule has 1 fully saturated rings. The number of rotatable bonds is 4. The van der Waals surface area contributed by atoms with Gasteiger partial charge in [0.1, 0.15) is 6.04 Å². The number of carbonyl (C=O) groups excluding carboxylic acids is 1. The molecule has 0 radical (unpaired) electrons. The molecule has 0 saturated carbocycles. The highest BCUT2D eigenvalue weighted by atomic mass is 16.7. The van der Waals surface area contributed by atoms with E-state index in [1.54, 1.807) is 0 Å². The summed E-state index contributed by atoms with van der Waals surface area (Å²) in [6.07, 6.45) is 1.65. The Labute approximate surface area is 106 Å². The van der Waals surface area contributed by atoms with E-state index in [-0.39, 0.29) is 12.1 Å². The van der Waals surface area contributed by atoms with Gasteiger partial charge in [-0.25, -0.2) is 4.79 Å². The number of carbonyl (C=O) groups is 1. The monoisotopic (exact) mass is 250 g/mol. The van der Waals surface area contributed by atoms with Gasteiger partial charge >= 0.3 is 5.97 Å². The maximum absolute atomic E-state index is 11.2. The maximum Gasteiger partial charge on any atom is 0.341 e. The molecule has 0 spiro atoms. The molecular weight excluding hydrogens is 232 g/mol. The first-order chi connectivity index (χ1) is 8.79. The van der Waals surface area contributed by atoms with E-state index in [1.807, 2.05) is 30.3 Å². The quantitative estimate of drug-likeness (QED) is 0.771. The second-order valence-corrected chi connectivity index (χ2v) is 4.39.